The van der Waals surface area contributed by atoms with Crippen molar-refractivity contribution < 1.29 is 26.3 Å². The van der Waals surface area contributed by atoms with Crippen LogP contribution in [0.3, 0.4) is 0 Å². The third kappa shape index (κ3) is 5.32. The predicted molar refractivity (Wildman–Crippen MR) is 152 cm³/mol. The number of ether oxygens (including phenoxy) is 2. The Hall–Kier alpha value is -4.50. The van der Waals surface area contributed by atoms with Crippen molar-refractivity contribution in [2.75, 3.05) is 46.3 Å². The Morgan fingerprint density at radius 1 is 1.12 bits per heavy atom. The van der Waals surface area contributed by atoms with Gasteiger partial charge in [0, 0.05) is 52.0 Å². The van der Waals surface area contributed by atoms with Gasteiger partial charge < -0.3 is 14.4 Å². The summed E-state index contributed by atoms with van der Waals surface area (Å²) in [7, 11) is 3.76. The lowest BCUT2D eigenvalue weighted by atomic mass is 10.2. The number of benzene rings is 1. The van der Waals surface area contributed by atoms with Crippen LogP contribution < -0.4 is 14.4 Å². The molecule has 0 saturated heterocycles. The molecule has 0 fully saturated rings. The Morgan fingerprint density at radius 2 is 1.90 bits per heavy atom. The largest absolute Gasteiger partial charge is 0.497 e. The minimum absolute atomic E-state index is 0.00981. The van der Waals surface area contributed by atoms with Crippen LogP contribution >= 0.6 is 0 Å². The lowest BCUT2D eigenvalue weighted by Gasteiger charge is -2.24. The predicted octanol–water partition coefficient (Wildman–Crippen LogP) is 2.41. The summed E-state index contributed by atoms with van der Waals surface area (Å²) in [6, 6.07) is 6.37. The molecule has 3 aromatic heterocycles. The molecule has 0 spiro atoms. The minimum Gasteiger partial charge on any atom is -0.497 e. The number of halogens is 1. The first-order valence-electron chi connectivity index (χ1n) is 12.4. The van der Waals surface area contributed by atoms with Gasteiger partial charge in [0.05, 0.1) is 44.5 Å². The Balaban J connectivity index is 1.61. The van der Waals surface area contributed by atoms with Gasteiger partial charge in [-0.1, -0.05) is 0 Å². The molecular formula is C26H29FN9O4S+. The Bertz CT molecular complexity index is 1820. The number of hydrogen-bond acceptors (Lipinski definition) is 10. The average Bonchev–Trinajstić information content (AvgIpc) is 3.56. The topological polar surface area (TPSA) is 131 Å². The molecule has 1 aliphatic heterocycles. The van der Waals surface area contributed by atoms with Gasteiger partial charge in [-0.2, -0.15) is 17.8 Å². The van der Waals surface area contributed by atoms with Crippen LogP contribution in [0.25, 0.3) is 22.4 Å². The summed E-state index contributed by atoms with van der Waals surface area (Å²) < 4.78 is 56.1. The van der Waals surface area contributed by atoms with Gasteiger partial charge in [0.1, 0.15) is 17.1 Å². The molecule has 1 aliphatic rings. The molecule has 4 heterocycles. The summed E-state index contributed by atoms with van der Waals surface area (Å²) in [6.45, 7) is 1.61. The Labute approximate surface area is 236 Å². The van der Waals surface area contributed by atoms with Crippen molar-refractivity contribution in [3.63, 3.8) is 0 Å². The quantitative estimate of drug-likeness (QED) is 0.273. The maximum absolute atomic E-state index is 15.8. The second kappa shape index (κ2) is 10.8. The average molecular weight is 583 g/mol. The second-order valence-electron chi connectivity index (χ2n) is 9.44. The van der Waals surface area contributed by atoms with E-state index < -0.39 is 16.0 Å². The lowest BCUT2D eigenvalue weighted by Crippen LogP contribution is -2.37. The van der Waals surface area contributed by atoms with Crippen LogP contribution in [0, 0.1) is 5.82 Å². The lowest BCUT2D eigenvalue weighted by molar-refractivity contribution is -0.349. The fraction of sp³-hybridized carbons (Fsp3) is 0.308. The third-order valence-corrected chi connectivity index (χ3v) is 8.37. The number of pyridine rings is 1. The molecule has 5 rings (SSSR count). The maximum atomic E-state index is 15.8. The molecule has 0 saturated carbocycles. The number of nitrogens with zero attached hydrogens (tertiary/aromatic N) is 9. The molecule has 0 atom stereocenters. The van der Waals surface area contributed by atoms with Crippen LogP contribution in [0.4, 0.5) is 15.9 Å². The van der Waals surface area contributed by atoms with E-state index in [-0.39, 0.29) is 24.5 Å². The van der Waals surface area contributed by atoms with Gasteiger partial charge in [0.25, 0.3) is 0 Å². The van der Waals surface area contributed by atoms with E-state index in [9.17, 15) is 8.42 Å². The van der Waals surface area contributed by atoms with E-state index in [4.69, 9.17) is 14.5 Å². The molecule has 0 unspecified atom stereocenters. The normalized spacial score (nSPS) is 13.7. The summed E-state index contributed by atoms with van der Waals surface area (Å²) in [5, 5.41) is 4.19. The molecule has 0 N–H and O–H groups in total. The summed E-state index contributed by atoms with van der Waals surface area (Å²) in [5.74, 6) is 0.309. The van der Waals surface area contributed by atoms with Gasteiger partial charge in [-0.3, -0.25) is 9.67 Å². The zero-order chi connectivity index (χ0) is 29.5. The second-order valence-corrected chi connectivity index (χ2v) is 11.5. The van der Waals surface area contributed by atoms with Crippen molar-refractivity contribution in [2.45, 2.75) is 6.92 Å². The number of rotatable bonds is 9. The zero-order valence-corrected chi connectivity index (χ0v) is 24.2. The summed E-state index contributed by atoms with van der Waals surface area (Å²) in [6.07, 6.45) is 5.12. The van der Waals surface area contributed by atoms with Crippen molar-refractivity contribution in [3.8, 4) is 22.8 Å². The highest BCUT2D eigenvalue weighted by Crippen LogP contribution is 2.36. The first-order valence-corrected chi connectivity index (χ1v) is 13.8. The third-order valence-electron chi connectivity index (χ3n) is 6.50. The van der Waals surface area contributed by atoms with E-state index in [0.29, 0.717) is 40.0 Å². The molecule has 41 heavy (non-hydrogen) atoms. The smallest absolute Gasteiger partial charge is 0.375 e. The van der Waals surface area contributed by atoms with E-state index in [1.54, 1.807) is 48.1 Å². The van der Waals surface area contributed by atoms with Crippen LogP contribution in [0.5, 0.6) is 11.5 Å². The number of anilines is 2. The van der Waals surface area contributed by atoms with Gasteiger partial charge in [-0.05, 0) is 17.1 Å². The van der Waals surface area contributed by atoms with Gasteiger partial charge >= 0.3 is 16.0 Å². The van der Waals surface area contributed by atoms with E-state index in [1.807, 2.05) is 6.20 Å². The fourth-order valence-electron chi connectivity index (χ4n) is 4.36. The van der Waals surface area contributed by atoms with Gasteiger partial charge in [0.15, 0.2) is 29.5 Å². The van der Waals surface area contributed by atoms with Crippen molar-refractivity contribution in [1.82, 2.24) is 29.0 Å². The molecular weight excluding hydrogens is 553 g/mol. The summed E-state index contributed by atoms with van der Waals surface area (Å²) in [4.78, 5) is 20.0. The highest BCUT2D eigenvalue weighted by Gasteiger charge is 2.36. The summed E-state index contributed by atoms with van der Waals surface area (Å²) >= 11 is 0. The van der Waals surface area contributed by atoms with E-state index >= 15 is 4.39 Å². The van der Waals surface area contributed by atoms with Crippen molar-refractivity contribution in [1.29, 1.82) is 0 Å². The number of aliphatic imine (C=N–C) groups is 1. The molecule has 1 aromatic carbocycles. The van der Waals surface area contributed by atoms with Crippen molar-refractivity contribution in [2.24, 2.45) is 12.0 Å². The number of methoxy groups -OCH3 is 2. The van der Waals surface area contributed by atoms with E-state index in [2.05, 4.69) is 20.1 Å². The highest BCUT2D eigenvalue weighted by molar-refractivity contribution is 7.83. The molecule has 214 valence electrons. The molecule has 0 amide bonds. The Kier molecular flexibility index (Phi) is 7.40. The Morgan fingerprint density at radius 3 is 2.56 bits per heavy atom. The number of aromatic nitrogens is 5. The van der Waals surface area contributed by atoms with Gasteiger partial charge in [0.2, 0.25) is 0 Å². The minimum atomic E-state index is -3.77. The van der Waals surface area contributed by atoms with E-state index in [0.717, 1.165) is 9.87 Å². The molecule has 0 aliphatic carbocycles. The van der Waals surface area contributed by atoms with Crippen LogP contribution in [0.15, 0.2) is 47.8 Å². The van der Waals surface area contributed by atoms with Crippen LogP contribution in [-0.2, 0) is 17.3 Å². The number of hydrogen-bond donors (Lipinski definition) is 0. The van der Waals surface area contributed by atoms with Crippen LogP contribution in [-0.4, -0.2) is 94.4 Å². The highest BCUT2D eigenvalue weighted by atomic mass is 32.2. The number of amidine groups is 1. The van der Waals surface area contributed by atoms with Gasteiger partial charge in [-0.25, -0.2) is 14.4 Å². The monoisotopic (exact) mass is 582 g/mol. The van der Waals surface area contributed by atoms with Crippen molar-refractivity contribution >= 4 is 44.4 Å². The molecule has 0 bridgehead atoms. The van der Waals surface area contributed by atoms with E-state index in [1.165, 1.54) is 44.4 Å². The van der Waals surface area contributed by atoms with Crippen molar-refractivity contribution in [3.05, 3.63) is 48.7 Å². The molecule has 15 heteroatoms. The molecule has 13 nitrogen and oxygen atoms in total. The number of aryl methyl sites for hydroxylation is 1. The van der Waals surface area contributed by atoms with Gasteiger partial charge in [-0.15, -0.1) is 3.98 Å². The summed E-state index contributed by atoms with van der Waals surface area (Å²) in [5.41, 5.74) is 2.78. The molecule has 0 radical (unpaired) electrons. The standard InChI is InChI=1S/C26H29FN9O4S/c1-16-30-18(15-36(16)41(37,38)33(2)3)14-35(22-9-19(39-5)10-23(40-6)25(22)27)24-8-7-20-26(32-24)31-21(12-28-20)17-11-29-34(4)13-17/h7-13H,14-15H2,1-6H3/q+1. The number of fused-ring (bicyclic) bond motifs is 1. The fourth-order valence-corrected chi connectivity index (χ4v) is 5.44. The zero-order valence-electron chi connectivity index (χ0n) is 23.4. The first-order chi connectivity index (χ1) is 19.5. The molecule has 4 aromatic rings. The maximum Gasteiger partial charge on any atom is 0.375 e. The SMILES string of the molecule is COc1cc(OC)c(F)c(N(CC2=NC(C)=[N+](S(=O)(=O)N(C)C)C2)c2ccc3ncc(-c4cnn(C)c4)nc3n2)c1. The van der Waals surface area contributed by atoms with Crippen LogP contribution in [0.2, 0.25) is 0 Å². The van der Waals surface area contributed by atoms with Crippen LogP contribution in [0.1, 0.15) is 6.92 Å². The first kappa shape index (κ1) is 28.0.